The van der Waals surface area contributed by atoms with Crippen LogP contribution in [0.1, 0.15) is 40.0 Å². The molecule has 0 unspecified atom stereocenters. The molecule has 1 atom stereocenters. The fourth-order valence-electron chi connectivity index (χ4n) is 4.10. The molecule has 0 saturated heterocycles. The summed E-state index contributed by atoms with van der Waals surface area (Å²) in [6, 6.07) is 29.6. The van der Waals surface area contributed by atoms with E-state index in [0.717, 1.165) is 11.8 Å². The Balaban J connectivity index is 1.28. The first-order chi connectivity index (χ1) is 20.6. The molecular formula is C32H31ClN4O5S. The fourth-order valence-corrected chi connectivity index (χ4v) is 5.17. The zero-order valence-corrected chi connectivity index (χ0v) is 25.2. The minimum Gasteiger partial charge on any atom is -0.484 e. The molecule has 0 aliphatic heterocycles. The van der Waals surface area contributed by atoms with Gasteiger partial charge in [-0.25, -0.2) is 13.8 Å². The number of hydrogen-bond acceptors (Lipinski definition) is 6. The van der Waals surface area contributed by atoms with Crippen molar-refractivity contribution in [2.24, 2.45) is 5.10 Å². The van der Waals surface area contributed by atoms with Gasteiger partial charge in [0.25, 0.3) is 11.8 Å². The Bertz CT molecular complexity index is 1680. The van der Waals surface area contributed by atoms with Crippen molar-refractivity contribution in [2.45, 2.75) is 19.5 Å². The van der Waals surface area contributed by atoms with E-state index in [0.29, 0.717) is 33.1 Å². The molecule has 0 heterocycles. The highest BCUT2D eigenvalue weighted by atomic mass is 35.5. The van der Waals surface area contributed by atoms with Gasteiger partial charge in [0, 0.05) is 10.6 Å². The van der Waals surface area contributed by atoms with Gasteiger partial charge in [-0.2, -0.15) is 5.10 Å². The van der Waals surface area contributed by atoms with Gasteiger partial charge < -0.3 is 10.1 Å². The third-order valence-corrected chi connectivity index (χ3v) is 7.91. The van der Waals surface area contributed by atoms with Gasteiger partial charge in [-0.15, -0.1) is 0 Å². The largest absolute Gasteiger partial charge is 0.484 e. The number of carbonyl (C=O) groups is 2. The maximum Gasteiger partial charge on any atom is 0.271 e. The number of nitrogens with zero attached hydrogens (tertiary/aromatic N) is 2. The summed E-state index contributed by atoms with van der Waals surface area (Å²) in [5.41, 5.74) is 5.52. The van der Waals surface area contributed by atoms with Crippen LogP contribution in [-0.4, -0.2) is 39.3 Å². The molecule has 0 spiro atoms. The molecule has 43 heavy (non-hydrogen) atoms. The lowest BCUT2D eigenvalue weighted by Gasteiger charge is -2.23. The van der Waals surface area contributed by atoms with Crippen molar-refractivity contribution in [3.05, 3.63) is 130 Å². The second-order valence-corrected chi connectivity index (χ2v) is 12.0. The maximum atomic E-state index is 12.6. The second-order valence-electron chi connectivity index (χ2n) is 9.66. The SMILES string of the molecule is C[C@H](NC(=O)COc1ccc(/C=N\NC(=O)c2ccc(N(Cc3ccccc3Cl)S(C)(=O)=O)cc2)cc1)c1ccccc1. The van der Waals surface area contributed by atoms with E-state index >= 15 is 0 Å². The van der Waals surface area contributed by atoms with E-state index in [9.17, 15) is 18.0 Å². The summed E-state index contributed by atoms with van der Waals surface area (Å²) >= 11 is 6.22. The molecule has 2 amide bonds. The number of amides is 2. The third kappa shape index (κ3) is 9.16. The molecule has 0 bridgehead atoms. The number of halogens is 1. The zero-order chi connectivity index (χ0) is 30.8. The third-order valence-electron chi connectivity index (χ3n) is 6.40. The molecule has 0 radical (unpaired) electrons. The van der Waals surface area contributed by atoms with E-state index < -0.39 is 15.9 Å². The number of hydrazone groups is 1. The summed E-state index contributed by atoms with van der Waals surface area (Å²) in [7, 11) is -3.62. The van der Waals surface area contributed by atoms with E-state index in [4.69, 9.17) is 16.3 Å². The number of hydrogen-bond donors (Lipinski definition) is 2. The minimum absolute atomic E-state index is 0.0544. The van der Waals surface area contributed by atoms with Gasteiger partial charge in [0.2, 0.25) is 10.0 Å². The van der Waals surface area contributed by atoms with Gasteiger partial charge in [-0.3, -0.25) is 13.9 Å². The Kier molecular flexibility index (Phi) is 10.5. The molecule has 4 rings (SSSR count). The summed E-state index contributed by atoms with van der Waals surface area (Å²) < 4.78 is 31.7. The van der Waals surface area contributed by atoms with Crippen LogP contribution in [0.25, 0.3) is 0 Å². The molecule has 2 N–H and O–H groups in total. The van der Waals surface area contributed by atoms with Crippen LogP contribution in [0.2, 0.25) is 5.02 Å². The van der Waals surface area contributed by atoms with Crippen LogP contribution in [-0.2, 0) is 21.4 Å². The predicted molar refractivity (Wildman–Crippen MR) is 169 cm³/mol. The van der Waals surface area contributed by atoms with Crippen molar-refractivity contribution in [1.82, 2.24) is 10.7 Å². The molecule has 4 aromatic carbocycles. The summed E-state index contributed by atoms with van der Waals surface area (Å²) in [6.45, 7) is 1.84. The summed E-state index contributed by atoms with van der Waals surface area (Å²) in [5, 5.41) is 7.35. The minimum atomic E-state index is -3.62. The van der Waals surface area contributed by atoms with Crippen molar-refractivity contribution in [2.75, 3.05) is 17.2 Å². The molecule has 0 saturated carbocycles. The van der Waals surface area contributed by atoms with Crippen LogP contribution in [0, 0.1) is 0 Å². The van der Waals surface area contributed by atoms with Crippen molar-refractivity contribution in [3.63, 3.8) is 0 Å². The monoisotopic (exact) mass is 618 g/mol. The Morgan fingerprint density at radius 2 is 1.58 bits per heavy atom. The quantitative estimate of drug-likeness (QED) is 0.164. The molecule has 9 nitrogen and oxygen atoms in total. The highest BCUT2D eigenvalue weighted by Crippen LogP contribution is 2.24. The van der Waals surface area contributed by atoms with Crippen LogP contribution in [0.5, 0.6) is 5.75 Å². The molecule has 0 aliphatic rings. The normalized spacial score (nSPS) is 12.0. The van der Waals surface area contributed by atoms with Gasteiger partial charge in [0.1, 0.15) is 5.75 Å². The Morgan fingerprint density at radius 1 is 0.930 bits per heavy atom. The van der Waals surface area contributed by atoms with E-state index in [1.807, 2.05) is 37.3 Å². The van der Waals surface area contributed by atoms with Crippen LogP contribution in [0.15, 0.2) is 108 Å². The summed E-state index contributed by atoms with van der Waals surface area (Å²) in [5.74, 6) is -0.181. The number of ether oxygens (including phenoxy) is 1. The van der Waals surface area contributed by atoms with E-state index in [1.165, 1.54) is 22.7 Å². The lowest BCUT2D eigenvalue weighted by molar-refractivity contribution is -0.123. The Labute approximate surface area is 256 Å². The first-order valence-corrected chi connectivity index (χ1v) is 15.5. The Morgan fingerprint density at radius 3 is 2.23 bits per heavy atom. The van der Waals surface area contributed by atoms with Crippen LogP contribution in [0.3, 0.4) is 0 Å². The summed E-state index contributed by atoms with van der Waals surface area (Å²) in [6.07, 6.45) is 2.58. The molecule has 222 valence electrons. The number of nitrogens with one attached hydrogen (secondary N) is 2. The molecule has 4 aromatic rings. The molecule has 0 aliphatic carbocycles. The molecule has 0 aromatic heterocycles. The zero-order valence-electron chi connectivity index (χ0n) is 23.6. The molecule has 11 heteroatoms. The van der Waals surface area contributed by atoms with Crippen molar-refractivity contribution >= 4 is 45.3 Å². The van der Waals surface area contributed by atoms with Crippen LogP contribution in [0.4, 0.5) is 5.69 Å². The van der Waals surface area contributed by atoms with E-state index in [-0.39, 0.29) is 25.1 Å². The highest BCUT2D eigenvalue weighted by Gasteiger charge is 2.19. The lowest BCUT2D eigenvalue weighted by atomic mass is 10.1. The highest BCUT2D eigenvalue weighted by molar-refractivity contribution is 7.92. The molecular weight excluding hydrogens is 588 g/mol. The van der Waals surface area contributed by atoms with Gasteiger partial charge in [-0.05, 0) is 78.2 Å². The van der Waals surface area contributed by atoms with Gasteiger partial charge in [-0.1, -0.05) is 60.1 Å². The maximum absolute atomic E-state index is 12.6. The lowest BCUT2D eigenvalue weighted by Crippen LogP contribution is -2.31. The number of rotatable bonds is 12. The number of carbonyl (C=O) groups excluding carboxylic acids is 2. The van der Waals surface area contributed by atoms with Gasteiger partial charge >= 0.3 is 0 Å². The second kappa shape index (κ2) is 14.5. The van der Waals surface area contributed by atoms with Crippen molar-refractivity contribution in [3.8, 4) is 5.75 Å². The first-order valence-electron chi connectivity index (χ1n) is 13.3. The first kappa shape index (κ1) is 31.3. The van der Waals surface area contributed by atoms with E-state index in [2.05, 4.69) is 15.8 Å². The predicted octanol–water partition coefficient (Wildman–Crippen LogP) is 5.33. The summed E-state index contributed by atoms with van der Waals surface area (Å²) in [4.78, 5) is 24.8. The number of benzene rings is 4. The standard InChI is InChI=1S/C32H31ClN4O5S/c1-23(25-8-4-3-5-9-25)35-31(38)22-42-29-18-12-24(13-19-29)20-34-36-32(39)26-14-16-28(17-15-26)37(43(2,40)41)21-27-10-6-7-11-30(27)33/h3-20,23H,21-22H2,1-2H3,(H,35,38)(H,36,39)/b34-20-/t23-/m0/s1. The fraction of sp³-hybridized carbons (Fsp3) is 0.156. The average molecular weight is 619 g/mol. The Hall–Kier alpha value is -4.67. The molecule has 0 fully saturated rings. The topological polar surface area (TPSA) is 117 Å². The van der Waals surface area contributed by atoms with Crippen LogP contribution >= 0.6 is 11.6 Å². The van der Waals surface area contributed by atoms with Gasteiger partial charge in [0.15, 0.2) is 6.61 Å². The van der Waals surface area contributed by atoms with Crippen LogP contribution < -0.4 is 19.8 Å². The number of anilines is 1. The van der Waals surface area contributed by atoms with E-state index in [1.54, 1.807) is 60.7 Å². The van der Waals surface area contributed by atoms with Crippen molar-refractivity contribution < 1.29 is 22.7 Å². The number of sulfonamides is 1. The van der Waals surface area contributed by atoms with Gasteiger partial charge in [0.05, 0.1) is 30.7 Å². The average Bonchev–Trinajstić information content (AvgIpc) is 3.00. The smallest absolute Gasteiger partial charge is 0.271 e. The van der Waals surface area contributed by atoms with Crippen molar-refractivity contribution in [1.29, 1.82) is 0 Å².